The van der Waals surface area contributed by atoms with Crippen LogP contribution in [-0.4, -0.2) is 45.1 Å². The average Bonchev–Trinajstić information content (AvgIpc) is 2.59. The third kappa shape index (κ3) is 6.36. The van der Waals surface area contributed by atoms with E-state index in [1.165, 1.54) is 4.90 Å². The van der Waals surface area contributed by atoms with E-state index in [1.807, 2.05) is 51.1 Å². The number of carbonyl (C=O) groups excluding carboxylic acids is 1. The lowest BCUT2D eigenvalue weighted by atomic mass is 10.0. The predicted molar refractivity (Wildman–Crippen MR) is 108 cm³/mol. The highest BCUT2D eigenvalue weighted by molar-refractivity contribution is 9.10. The van der Waals surface area contributed by atoms with Gasteiger partial charge in [0.1, 0.15) is 5.69 Å². The summed E-state index contributed by atoms with van der Waals surface area (Å²) in [4.78, 5) is 29.8. The molecule has 2 N–H and O–H groups in total. The van der Waals surface area contributed by atoms with Gasteiger partial charge in [-0.15, -0.1) is 0 Å². The molecular formula is C20H24BrN3O3. The second-order valence-electron chi connectivity index (χ2n) is 7.29. The zero-order valence-electron chi connectivity index (χ0n) is 15.6. The molecule has 0 aliphatic carbocycles. The molecule has 1 unspecified atom stereocenters. The monoisotopic (exact) mass is 433 g/mol. The van der Waals surface area contributed by atoms with Crippen LogP contribution in [0, 0.1) is 0 Å². The van der Waals surface area contributed by atoms with Crippen molar-refractivity contribution in [3.05, 3.63) is 64.4 Å². The Hall–Kier alpha value is -2.41. The molecule has 0 saturated carbocycles. The number of aromatic nitrogens is 1. The number of hydrogen-bond acceptors (Lipinski definition) is 3. The number of halogens is 1. The SMILES string of the molecule is CC(C)(C)N(CC(Cc1ccccc1)NC(=O)c1ccc(Br)cn1)C(=O)O. The molecule has 1 heterocycles. The van der Waals surface area contributed by atoms with Gasteiger partial charge in [0.25, 0.3) is 5.91 Å². The lowest BCUT2D eigenvalue weighted by Crippen LogP contribution is -2.53. The van der Waals surface area contributed by atoms with Crippen LogP contribution in [0.15, 0.2) is 53.1 Å². The van der Waals surface area contributed by atoms with E-state index in [0.717, 1.165) is 10.0 Å². The number of amides is 2. The van der Waals surface area contributed by atoms with Crippen molar-refractivity contribution in [2.75, 3.05) is 6.54 Å². The number of carboxylic acid groups (broad SMARTS) is 1. The molecule has 2 rings (SSSR count). The number of nitrogens with one attached hydrogen (secondary N) is 1. The third-order valence-electron chi connectivity index (χ3n) is 4.06. The summed E-state index contributed by atoms with van der Waals surface area (Å²) in [5.41, 5.74) is 0.723. The highest BCUT2D eigenvalue weighted by Crippen LogP contribution is 2.16. The molecule has 0 spiro atoms. The van der Waals surface area contributed by atoms with Gasteiger partial charge in [0.15, 0.2) is 0 Å². The number of rotatable bonds is 6. The molecule has 1 aromatic heterocycles. The topological polar surface area (TPSA) is 82.5 Å². The predicted octanol–water partition coefficient (Wildman–Crippen LogP) is 3.96. The third-order valence-corrected chi connectivity index (χ3v) is 4.53. The number of carbonyl (C=O) groups is 2. The van der Waals surface area contributed by atoms with Crippen molar-refractivity contribution in [1.82, 2.24) is 15.2 Å². The molecule has 0 saturated heterocycles. The van der Waals surface area contributed by atoms with Gasteiger partial charge < -0.3 is 15.3 Å². The Kier molecular flexibility index (Phi) is 6.96. The van der Waals surface area contributed by atoms with Gasteiger partial charge in [-0.1, -0.05) is 30.3 Å². The van der Waals surface area contributed by atoms with Gasteiger partial charge in [-0.2, -0.15) is 0 Å². The molecule has 0 aliphatic rings. The fraction of sp³-hybridized carbons (Fsp3) is 0.350. The van der Waals surface area contributed by atoms with Crippen LogP contribution in [-0.2, 0) is 6.42 Å². The highest BCUT2D eigenvalue weighted by Gasteiger charge is 2.29. The molecule has 0 bridgehead atoms. The van der Waals surface area contributed by atoms with Crippen molar-refractivity contribution in [3.63, 3.8) is 0 Å². The molecule has 0 fully saturated rings. The van der Waals surface area contributed by atoms with Gasteiger partial charge in [-0.05, 0) is 60.8 Å². The summed E-state index contributed by atoms with van der Waals surface area (Å²) in [7, 11) is 0. The van der Waals surface area contributed by atoms with Gasteiger partial charge in [-0.3, -0.25) is 4.79 Å². The van der Waals surface area contributed by atoms with Crippen molar-refractivity contribution in [1.29, 1.82) is 0 Å². The second-order valence-corrected chi connectivity index (χ2v) is 8.20. The van der Waals surface area contributed by atoms with Crippen LogP contribution in [0.3, 0.4) is 0 Å². The van der Waals surface area contributed by atoms with Crippen LogP contribution < -0.4 is 5.32 Å². The summed E-state index contributed by atoms with van der Waals surface area (Å²) >= 11 is 3.29. The van der Waals surface area contributed by atoms with E-state index >= 15 is 0 Å². The lowest BCUT2D eigenvalue weighted by Gasteiger charge is -2.36. The van der Waals surface area contributed by atoms with Crippen molar-refractivity contribution in [2.45, 2.75) is 38.8 Å². The molecule has 1 atom stereocenters. The van der Waals surface area contributed by atoms with Gasteiger partial charge in [-0.25, -0.2) is 9.78 Å². The summed E-state index contributed by atoms with van der Waals surface area (Å²) in [5.74, 6) is -0.331. The van der Waals surface area contributed by atoms with E-state index in [2.05, 4.69) is 26.2 Å². The summed E-state index contributed by atoms with van der Waals surface area (Å²) in [6, 6.07) is 12.7. The standard InChI is InChI=1S/C20H24BrN3O3/c1-20(2,3)24(19(26)27)13-16(11-14-7-5-4-6-8-14)23-18(25)17-10-9-15(21)12-22-17/h4-10,12,16H,11,13H2,1-3H3,(H,23,25)(H,26,27). The Morgan fingerprint density at radius 1 is 1.19 bits per heavy atom. The van der Waals surface area contributed by atoms with Crippen LogP contribution in [0.2, 0.25) is 0 Å². The summed E-state index contributed by atoms with van der Waals surface area (Å²) in [6.07, 6.45) is 1.06. The molecule has 0 radical (unpaired) electrons. The van der Waals surface area contributed by atoms with E-state index in [0.29, 0.717) is 6.42 Å². The summed E-state index contributed by atoms with van der Waals surface area (Å²) < 4.78 is 0.782. The number of benzene rings is 1. The first kappa shape index (κ1) is 20.9. The molecule has 7 heteroatoms. The average molecular weight is 434 g/mol. The maximum Gasteiger partial charge on any atom is 0.407 e. The normalized spacial score (nSPS) is 12.3. The minimum absolute atomic E-state index is 0.177. The van der Waals surface area contributed by atoms with E-state index in [4.69, 9.17) is 0 Å². The fourth-order valence-electron chi connectivity index (χ4n) is 2.69. The highest BCUT2D eigenvalue weighted by atomic mass is 79.9. The van der Waals surface area contributed by atoms with E-state index in [9.17, 15) is 14.7 Å². The lowest BCUT2D eigenvalue weighted by molar-refractivity contribution is 0.0819. The smallest absolute Gasteiger partial charge is 0.407 e. The minimum atomic E-state index is -1.02. The summed E-state index contributed by atoms with van der Waals surface area (Å²) in [6.45, 7) is 5.67. The Morgan fingerprint density at radius 3 is 2.37 bits per heavy atom. The van der Waals surface area contributed by atoms with Crippen molar-refractivity contribution >= 4 is 27.9 Å². The Bertz CT molecular complexity index is 773. The molecule has 2 aromatic rings. The molecular weight excluding hydrogens is 410 g/mol. The molecule has 1 aromatic carbocycles. The van der Waals surface area contributed by atoms with Crippen LogP contribution in [0.5, 0.6) is 0 Å². The van der Waals surface area contributed by atoms with Gasteiger partial charge in [0.05, 0.1) is 6.04 Å². The minimum Gasteiger partial charge on any atom is -0.465 e. The maximum atomic E-state index is 12.6. The summed E-state index contributed by atoms with van der Waals surface area (Å²) in [5, 5.41) is 12.5. The fourth-order valence-corrected chi connectivity index (χ4v) is 2.92. The maximum absolute atomic E-state index is 12.6. The van der Waals surface area contributed by atoms with Crippen LogP contribution in [0.1, 0.15) is 36.8 Å². The van der Waals surface area contributed by atoms with Crippen molar-refractivity contribution in [3.8, 4) is 0 Å². The number of pyridine rings is 1. The van der Waals surface area contributed by atoms with Gasteiger partial charge >= 0.3 is 6.09 Å². The number of hydrogen-bond donors (Lipinski definition) is 2. The Labute approximate surface area is 167 Å². The van der Waals surface area contributed by atoms with Crippen LogP contribution in [0.4, 0.5) is 4.79 Å². The Balaban J connectivity index is 2.21. The van der Waals surface area contributed by atoms with Crippen molar-refractivity contribution in [2.24, 2.45) is 0 Å². The van der Waals surface area contributed by atoms with Crippen molar-refractivity contribution < 1.29 is 14.7 Å². The molecule has 27 heavy (non-hydrogen) atoms. The zero-order valence-corrected chi connectivity index (χ0v) is 17.2. The van der Waals surface area contributed by atoms with E-state index < -0.39 is 11.6 Å². The first-order valence-corrected chi connectivity index (χ1v) is 9.43. The molecule has 144 valence electrons. The largest absolute Gasteiger partial charge is 0.465 e. The van der Waals surface area contributed by atoms with E-state index in [1.54, 1.807) is 18.3 Å². The van der Waals surface area contributed by atoms with E-state index in [-0.39, 0.29) is 24.2 Å². The first-order chi connectivity index (χ1) is 12.7. The van der Waals surface area contributed by atoms with Gasteiger partial charge in [0, 0.05) is 22.8 Å². The second kappa shape index (κ2) is 8.99. The number of nitrogens with zero attached hydrogens (tertiary/aromatic N) is 2. The Morgan fingerprint density at radius 2 is 1.85 bits per heavy atom. The molecule has 2 amide bonds. The molecule has 0 aliphatic heterocycles. The first-order valence-electron chi connectivity index (χ1n) is 8.63. The zero-order chi connectivity index (χ0) is 20.0. The molecule has 6 nitrogen and oxygen atoms in total. The quantitative estimate of drug-likeness (QED) is 0.721. The van der Waals surface area contributed by atoms with Crippen LogP contribution >= 0.6 is 15.9 Å². The van der Waals surface area contributed by atoms with Crippen LogP contribution in [0.25, 0.3) is 0 Å². The van der Waals surface area contributed by atoms with Gasteiger partial charge in [0.2, 0.25) is 0 Å².